The summed E-state index contributed by atoms with van der Waals surface area (Å²) in [5.74, 6) is 1.72. The number of ether oxygens (including phenoxy) is 1. The quantitative estimate of drug-likeness (QED) is 0.845. The minimum absolute atomic E-state index is 0.208. The van der Waals surface area contributed by atoms with Gasteiger partial charge in [0.15, 0.2) is 0 Å². The van der Waals surface area contributed by atoms with Crippen LogP contribution in [0.25, 0.3) is 0 Å². The second-order valence-electron chi connectivity index (χ2n) is 5.04. The zero-order chi connectivity index (χ0) is 11.7. The maximum Gasteiger partial charge on any atom is 0.125 e. The van der Waals surface area contributed by atoms with Crippen molar-refractivity contribution in [2.45, 2.75) is 39.7 Å². The molecule has 2 nitrogen and oxygen atoms in total. The molecule has 2 rings (SSSR count). The van der Waals surface area contributed by atoms with E-state index in [1.807, 2.05) is 0 Å². The van der Waals surface area contributed by atoms with Crippen molar-refractivity contribution in [3.8, 4) is 5.75 Å². The fourth-order valence-corrected chi connectivity index (χ4v) is 2.23. The van der Waals surface area contributed by atoms with Gasteiger partial charge in [-0.1, -0.05) is 17.7 Å². The Hall–Kier alpha value is -1.02. The van der Waals surface area contributed by atoms with Crippen molar-refractivity contribution in [1.29, 1.82) is 0 Å². The molecule has 2 heteroatoms. The molecule has 1 saturated carbocycles. The van der Waals surface area contributed by atoms with Crippen LogP contribution in [0.1, 0.15) is 29.5 Å². The second-order valence-corrected chi connectivity index (χ2v) is 5.04. The van der Waals surface area contributed by atoms with E-state index >= 15 is 0 Å². The highest BCUT2D eigenvalue weighted by atomic mass is 16.5. The van der Waals surface area contributed by atoms with Gasteiger partial charge in [-0.2, -0.15) is 0 Å². The largest absolute Gasteiger partial charge is 0.491 e. The molecule has 1 atom stereocenters. The highest BCUT2D eigenvalue weighted by molar-refractivity contribution is 5.42. The molecule has 1 unspecified atom stereocenters. The predicted molar refractivity (Wildman–Crippen MR) is 66.8 cm³/mol. The Morgan fingerprint density at radius 1 is 1.25 bits per heavy atom. The lowest BCUT2D eigenvalue weighted by Crippen LogP contribution is -2.30. The minimum atomic E-state index is 0.208. The van der Waals surface area contributed by atoms with Crippen molar-refractivity contribution < 1.29 is 4.74 Å². The third-order valence-corrected chi connectivity index (χ3v) is 3.25. The predicted octanol–water partition coefficient (Wildman–Crippen LogP) is 2.73. The zero-order valence-electron chi connectivity index (χ0n) is 10.4. The first-order valence-electron chi connectivity index (χ1n) is 6.04. The van der Waals surface area contributed by atoms with Crippen LogP contribution in [0.5, 0.6) is 5.75 Å². The van der Waals surface area contributed by atoms with Gasteiger partial charge < -0.3 is 10.5 Å². The summed E-state index contributed by atoms with van der Waals surface area (Å²) in [5.41, 5.74) is 9.74. The molecule has 0 amide bonds. The summed E-state index contributed by atoms with van der Waals surface area (Å²) >= 11 is 0. The summed E-state index contributed by atoms with van der Waals surface area (Å²) in [7, 11) is 0. The molecule has 0 aliphatic heterocycles. The van der Waals surface area contributed by atoms with Gasteiger partial charge in [0.05, 0.1) is 0 Å². The van der Waals surface area contributed by atoms with Crippen LogP contribution < -0.4 is 10.5 Å². The van der Waals surface area contributed by atoms with Crippen molar-refractivity contribution in [3.05, 3.63) is 28.8 Å². The molecule has 1 fully saturated rings. The van der Waals surface area contributed by atoms with Gasteiger partial charge in [0.2, 0.25) is 0 Å². The minimum Gasteiger partial charge on any atom is -0.491 e. The van der Waals surface area contributed by atoms with E-state index in [1.165, 1.54) is 29.5 Å². The van der Waals surface area contributed by atoms with Gasteiger partial charge in [0.25, 0.3) is 0 Å². The van der Waals surface area contributed by atoms with Gasteiger partial charge in [-0.3, -0.25) is 0 Å². The summed E-state index contributed by atoms with van der Waals surface area (Å²) in [6.07, 6.45) is 2.55. The number of aryl methyl sites for hydroxylation is 3. The SMILES string of the molecule is Cc1cc(C)c(OCC(N)C2CC2)c(C)c1. The Kier molecular flexibility index (Phi) is 3.20. The van der Waals surface area contributed by atoms with Crippen LogP contribution >= 0.6 is 0 Å². The summed E-state index contributed by atoms with van der Waals surface area (Å²) < 4.78 is 5.86. The van der Waals surface area contributed by atoms with Crippen LogP contribution in [0.3, 0.4) is 0 Å². The fourth-order valence-electron chi connectivity index (χ4n) is 2.23. The molecular formula is C14H21NO. The molecule has 0 spiro atoms. The molecule has 88 valence electrons. The summed E-state index contributed by atoms with van der Waals surface area (Å²) in [6, 6.07) is 4.52. The highest BCUT2D eigenvalue weighted by Gasteiger charge is 2.28. The van der Waals surface area contributed by atoms with Crippen molar-refractivity contribution in [2.24, 2.45) is 11.7 Å². The molecule has 1 aliphatic carbocycles. The molecule has 1 aromatic rings. The van der Waals surface area contributed by atoms with E-state index in [2.05, 4.69) is 32.9 Å². The molecule has 0 saturated heterocycles. The first kappa shape index (κ1) is 11.5. The van der Waals surface area contributed by atoms with Crippen LogP contribution in [-0.4, -0.2) is 12.6 Å². The normalized spacial score (nSPS) is 17.2. The van der Waals surface area contributed by atoms with E-state index < -0.39 is 0 Å². The monoisotopic (exact) mass is 219 g/mol. The van der Waals surface area contributed by atoms with Crippen molar-refractivity contribution in [2.75, 3.05) is 6.61 Å². The molecule has 0 radical (unpaired) electrons. The molecule has 2 N–H and O–H groups in total. The maximum absolute atomic E-state index is 6.03. The van der Waals surface area contributed by atoms with E-state index in [0.29, 0.717) is 12.5 Å². The van der Waals surface area contributed by atoms with E-state index in [4.69, 9.17) is 10.5 Å². The van der Waals surface area contributed by atoms with Crippen LogP contribution in [0, 0.1) is 26.7 Å². The molecule has 0 bridgehead atoms. The number of nitrogens with two attached hydrogens (primary N) is 1. The first-order valence-corrected chi connectivity index (χ1v) is 6.04. The Morgan fingerprint density at radius 3 is 2.31 bits per heavy atom. The highest BCUT2D eigenvalue weighted by Crippen LogP contribution is 2.32. The van der Waals surface area contributed by atoms with Gasteiger partial charge in [-0.15, -0.1) is 0 Å². The van der Waals surface area contributed by atoms with E-state index in [1.54, 1.807) is 0 Å². The maximum atomic E-state index is 6.03. The first-order chi connectivity index (χ1) is 7.58. The van der Waals surface area contributed by atoms with Gasteiger partial charge in [0, 0.05) is 6.04 Å². The molecule has 1 aromatic carbocycles. The summed E-state index contributed by atoms with van der Waals surface area (Å²) in [4.78, 5) is 0. The summed E-state index contributed by atoms with van der Waals surface area (Å²) in [6.45, 7) is 6.95. The Morgan fingerprint density at radius 2 is 1.81 bits per heavy atom. The Balaban J connectivity index is 2.02. The van der Waals surface area contributed by atoms with E-state index in [-0.39, 0.29) is 6.04 Å². The third kappa shape index (κ3) is 2.56. The van der Waals surface area contributed by atoms with Gasteiger partial charge in [-0.25, -0.2) is 0 Å². The van der Waals surface area contributed by atoms with Gasteiger partial charge in [-0.05, 0) is 50.7 Å². The van der Waals surface area contributed by atoms with Crippen LogP contribution in [0.15, 0.2) is 12.1 Å². The van der Waals surface area contributed by atoms with E-state index in [0.717, 1.165) is 5.75 Å². The fraction of sp³-hybridized carbons (Fsp3) is 0.571. The van der Waals surface area contributed by atoms with Gasteiger partial charge >= 0.3 is 0 Å². The zero-order valence-corrected chi connectivity index (χ0v) is 10.4. The smallest absolute Gasteiger partial charge is 0.125 e. The number of hydrogen-bond acceptors (Lipinski definition) is 2. The Labute approximate surface area is 97.8 Å². The molecule has 0 aromatic heterocycles. The molecule has 0 heterocycles. The Bertz CT molecular complexity index is 359. The summed E-state index contributed by atoms with van der Waals surface area (Å²) in [5, 5.41) is 0. The molecule has 16 heavy (non-hydrogen) atoms. The molecule has 1 aliphatic rings. The standard InChI is InChI=1S/C14H21NO/c1-9-6-10(2)14(11(3)7-9)16-8-13(15)12-4-5-12/h6-7,12-13H,4-5,8,15H2,1-3H3. The lowest BCUT2D eigenvalue weighted by Gasteiger charge is -2.16. The van der Waals surface area contributed by atoms with Crippen molar-refractivity contribution >= 4 is 0 Å². The van der Waals surface area contributed by atoms with Crippen molar-refractivity contribution in [1.82, 2.24) is 0 Å². The molecular weight excluding hydrogens is 198 g/mol. The van der Waals surface area contributed by atoms with Crippen LogP contribution in [-0.2, 0) is 0 Å². The topological polar surface area (TPSA) is 35.2 Å². The second kappa shape index (κ2) is 4.46. The lowest BCUT2D eigenvalue weighted by atomic mass is 10.1. The average molecular weight is 219 g/mol. The van der Waals surface area contributed by atoms with Crippen molar-refractivity contribution in [3.63, 3.8) is 0 Å². The number of benzene rings is 1. The van der Waals surface area contributed by atoms with Crippen LogP contribution in [0.2, 0.25) is 0 Å². The number of rotatable bonds is 4. The van der Waals surface area contributed by atoms with Gasteiger partial charge in [0.1, 0.15) is 12.4 Å². The third-order valence-electron chi connectivity index (χ3n) is 3.25. The number of hydrogen-bond donors (Lipinski definition) is 1. The van der Waals surface area contributed by atoms with E-state index in [9.17, 15) is 0 Å². The van der Waals surface area contributed by atoms with Crippen LogP contribution in [0.4, 0.5) is 0 Å². The average Bonchev–Trinajstić information content (AvgIpc) is 2.98. The lowest BCUT2D eigenvalue weighted by molar-refractivity contribution is 0.273.